The fraction of sp³-hybridized carbons (Fsp3) is 0.143. The summed E-state index contributed by atoms with van der Waals surface area (Å²) in [5.41, 5.74) is -5.40. The molecule has 0 atom stereocenters. The summed E-state index contributed by atoms with van der Waals surface area (Å²) in [5, 5.41) is 42.2. The molecule has 0 aliphatic heterocycles. The zero-order chi connectivity index (χ0) is 24.7. The van der Waals surface area contributed by atoms with Crippen LogP contribution in [0.15, 0.2) is 42.5 Å². The Balaban J connectivity index is 2.53. The Morgan fingerprint density at radius 1 is 0.788 bits per heavy atom. The largest absolute Gasteiger partial charge is 0.500 e. The van der Waals surface area contributed by atoms with Crippen molar-refractivity contribution in [2.45, 2.75) is 18.8 Å². The van der Waals surface area contributed by atoms with E-state index < -0.39 is 67.0 Å². The SMILES string of the molecule is CCC(c1cc(F)c(O)c([N+](=O)[O-])c1)(c1cc(F)c(O)c([N+](=O)[O-])c1)c1ccc(F)cc1F. The van der Waals surface area contributed by atoms with Crippen LogP contribution in [0, 0.1) is 43.5 Å². The number of nitrogens with zero attached hydrogens (tertiary/aromatic N) is 2. The van der Waals surface area contributed by atoms with E-state index in [4.69, 9.17) is 0 Å². The third kappa shape index (κ3) is 3.79. The molecular formula is C21H14F4N2O6. The molecule has 8 nitrogen and oxygen atoms in total. The Morgan fingerprint density at radius 3 is 1.61 bits per heavy atom. The second-order valence-corrected chi connectivity index (χ2v) is 7.05. The van der Waals surface area contributed by atoms with Gasteiger partial charge in [0.25, 0.3) is 0 Å². The molecule has 0 saturated carbocycles. The minimum atomic E-state index is -2.03. The van der Waals surface area contributed by atoms with E-state index in [0.717, 1.165) is 12.1 Å². The molecule has 3 aromatic carbocycles. The van der Waals surface area contributed by atoms with E-state index in [9.17, 15) is 48.0 Å². The molecule has 3 rings (SSSR count). The van der Waals surface area contributed by atoms with Gasteiger partial charge in [-0.15, -0.1) is 0 Å². The highest BCUT2D eigenvalue weighted by Crippen LogP contribution is 2.48. The fourth-order valence-corrected chi connectivity index (χ4v) is 3.85. The first-order chi connectivity index (χ1) is 15.4. The van der Waals surface area contributed by atoms with Crippen molar-refractivity contribution < 1.29 is 37.6 Å². The number of nitro groups is 2. The molecule has 0 heterocycles. The number of rotatable bonds is 6. The standard InChI is InChI=1S/C21H14F4N2O6/c1-2-21(13-4-3-12(22)9-14(13)23,10-5-15(24)19(28)17(7-10)26(30)31)11-6-16(25)20(29)18(8-11)27(32)33/h3-9,28-29H,2H2,1H3. The van der Waals surface area contributed by atoms with Crippen molar-refractivity contribution in [1.29, 1.82) is 0 Å². The minimum absolute atomic E-state index is 0.279. The molecule has 12 heteroatoms. The normalized spacial score (nSPS) is 11.4. The van der Waals surface area contributed by atoms with Crippen molar-refractivity contribution in [3.05, 3.63) is 103 Å². The molecule has 0 amide bonds. The van der Waals surface area contributed by atoms with Gasteiger partial charge in [-0.25, -0.2) is 17.6 Å². The molecular weight excluding hydrogens is 452 g/mol. The molecule has 0 aliphatic carbocycles. The lowest BCUT2D eigenvalue weighted by molar-refractivity contribution is -0.386. The number of hydrogen-bond donors (Lipinski definition) is 2. The Morgan fingerprint density at radius 2 is 1.24 bits per heavy atom. The Labute approximate surface area is 182 Å². The highest BCUT2D eigenvalue weighted by molar-refractivity contribution is 5.60. The molecule has 33 heavy (non-hydrogen) atoms. The first-order valence-corrected chi connectivity index (χ1v) is 9.24. The van der Waals surface area contributed by atoms with Gasteiger partial charge in [0.1, 0.15) is 11.6 Å². The smallest absolute Gasteiger partial charge is 0.314 e. The van der Waals surface area contributed by atoms with Gasteiger partial charge in [-0.1, -0.05) is 13.0 Å². The summed E-state index contributed by atoms with van der Waals surface area (Å²) in [6.07, 6.45) is -0.279. The number of nitro benzene ring substituents is 2. The number of benzene rings is 3. The van der Waals surface area contributed by atoms with Gasteiger partial charge in [0.05, 0.1) is 9.85 Å². The van der Waals surface area contributed by atoms with Crippen LogP contribution in [0.4, 0.5) is 28.9 Å². The van der Waals surface area contributed by atoms with Crippen LogP contribution in [0.1, 0.15) is 30.0 Å². The number of halogens is 4. The van der Waals surface area contributed by atoms with Crippen LogP contribution in [0.3, 0.4) is 0 Å². The summed E-state index contributed by atoms with van der Waals surface area (Å²) in [7, 11) is 0. The average Bonchev–Trinajstić information content (AvgIpc) is 2.74. The summed E-state index contributed by atoms with van der Waals surface area (Å²) in [4.78, 5) is 20.5. The van der Waals surface area contributed by atoms with Crippen LogP contribution in [0.5, 0.6) is 11.5 Å². The molecule has 0 aromatic heterocycles. The van der Waals surface area contributed by atoms with Crippen LogP contribution in [0.2, 0.25) is 0 Å². The van der Waals surface area contributed by atoms with E-state index in [-0.39, 0.29) is 17.5 Å². The third-order valence-corrected chi connectivity index (χ3v) is 5.39. The first-order valence-electron chi connectivity index (χ1n) is 9.24. The van der Waals surface area contributed by atoms with Gasteiger partial charge in [0, 0.05) is 29.2 Å². The van der Waals surface area contributed by atoms with Gasteiger partial charge in [0.15, 0.2) is 11.6 Å². The lowest BCUT2D eigenvalue weighted by Crippen LogP contribution is -2.30. The predicted molar refractivity (Wildman–Crippen MR) is 106 cm³/mol. The van der Waals surface area contributed by atoms with Gasteiger partial charge in [-0.3, -0.25) is 20.2 Å². The van der Waals surface area contributed by atoms with Crippen molar-refractivity contribution in [1.82, 2.24) is 0 Å². The topological polar surface area (TPSA) is 127 Å². The molecule has 2 N–H and O–H groups in total. The van der Waals surface area contributed by atoms with Gasteiger partial charge < -0.3 is 10.2 Å². The Hall–Kier alpha value is -4.22. The minimum Gasteiger partial charge on any atom is -0.500 e. The molecule has 0 fully saturated rings. The van der Waals surface area contributed by atoms with Gasteiger partial charge in [-0.05, 0) is 35.7 Å². The quantitative estimate of drug-likeness (QED) is 0.222. The molecule has 0 spiro atoms. The highest BCUT2D eigenvalue weighted by atomic mass is 19.1. The zero-order valence-corrected chi connectivity index (χ0v) is 16.7. The highest BCUT2D eigenvalue weighted by Gasteiger charge is 2.41. The van der Waals surface area contributed by atoms with Crippen LogP contribution in [0.25, 0.3) is 0 Å². The molecule has 0 aliphatic rings. The summed E-state index contributed by atoms with van der Waals surface area (Å²) >= 11 is 0. The number of hydrogen-bond acceptors (Lipinski definition) is 6. The monoisotopic (exact) mass is 466 g/mol. The molecule has 0 bridgehead atoms. The van der Waals surface area contributed by atoms with E-state index in [0.29, 0.717) is 30.3 Å². The van der Waals surface area contributed by atoms with Crippen LogP contribution in [-0.4, -0.2) is 20.1 Å². The van der Waals surface area contributed by atoms with E-state index in [1.54, 1.807) is 0 Å². The van der Waals surface area contributed by atoms with Gasteiger partial charge in [-0.2, -0.15) is 0 Å². The Bertz CT molecular complexity index is 1230. The predicted octanol–water partition coefficient (Wildman–Crippen LogP) is 5.22. The first kappa shape index (κ1) is 23.4. The summed E-state index contributed by atoms with van der Waals surface area (Å²) in [6.45, 7) is 1.40. The van der Waals surface area contributed by atoms with Crippen LogP contribution < -0.4 is 0 Å². The lowest BCUT2D eigenvalue weighted by Gasteiger charge is -2.35. The maximum atomic E-state index is 15.0. The molecule has 0 saturated heterocycles. The number of aromatic hydroxyl groups is 2. The fourth-order valence-electron chi connectivity index (χ4n) is 3.85. The van der Waals surface area contributed by atoms with Crippen molar-refractivity contribution in [2.75, 3.05) is 0 Å². The van der Waals surface area contributed by atoms with E-state index in [1.165, 1.54) is 6.92 Å². The lowest BCUT2D eigenvalue weighted by atomic mass is 9.67. The summed E-state index contributed by atoms with van der Waals surface area (Å²) in [6, 6.07) is 4.91. The third-order valence-electron chi connectivity index (χ3n) is 5.39. The molecule has 172 valence electrons. The maximum Gasteiger partial charge on any atom is 0.314 e. The van der Waals surface area contributed by atoms with Crippen LogP contribution in [-0.2, 0) is 5.41 Å². The average molecular weight is 466 g/mol. The maximum absolute atomic E-state index is 15.0. The van der Waals surface area contributed by atoms with Crippen LogP contribution >= 0.6 is 0 Å². The van der Waals surface area contributed by atoms with Crippen molar-refractivity contribution in [3.8, 4) is 11.5 Å². The number of phenolic OH excluding ortho intramolecular Hbond substituents is 2. The number of phenols is 2. The molecule has 3 aromatic rings. The second kappa shape index (κ2) is 8.37. The second-order valence-electron chi connectivity index (χ2n) is 7.05. The summed E-state index contributed by atoms with van der Waals surface area (Å²) < 4.78 is 57.6. The van der Waals surface area contributed by atoms with Crippen molar-refractivity contribution in [2.24, 2.45) is 0 Å². The molecule has 0 unspecified atom stereocenters. The van der Waals surface area contributed by atoms with Crippen molar-refractivity contribution in [3.63, 3.8) is 0 Å². The van der Waals surface area contributed by atoms with E-state index in [1.807, 2.05) is 0 Å². The van der Waals surface area contributed by atoms with Gasteiger partial charge in [0.2, 0.25) is 11.5 Å². The van der Waals surface area contributed by atoms with E-state index >= 15 is 0 Å². The molecule has 0 radical (unpaired) electrons. The summed E-state index contributed by atoms with van der Waals surface area (Å²) in [5.74, 6) is -7.75. The zero-order valence-electron chi connectivity index (χ0n) is 16.7. The van der Waals surface area contributed by atoms with Gasteiger partial charge >= 0.3 is 11.4 Å². The Kier molecular flexibility index (Phi) is 5.95. The van der Waals surface area contributed by atoms with Crippen molar-refractivity contribution >= 4 is 11.4 Å². The van der Waals surface area contributed by atoms with E-state index in [2.05, 4.69) is 0 Å².